The van der Waals surface area contributed by atoms with Crippen molar-refractivity contribution < 1.29 is 0 Å². The van der Waals surface area contributed by atoms with Gasteiger partial charge < -0.3 is 10.6 Å². The molecule has 0 aliphatic rings. The molecular formula is C15H19N3. The van der Waals surface area contributed by atoms with Crippen molar-refractivity contribution in [1.29, 1.82) is 0 Å². The number of aryl methyl sites for hydroxylation is 1. The topological polar surface area (TPSA) is 42.2 Å². The van der Waals surface area contributed by atoms with E-state index in [0.29, 0.717) is 6.54 Å². The Hall–Kier alpha value is -1.87. The number of aromatic nitrogens is 1. The third kappa shape index (κ3) is 2.87. The van der Waals surface area contributed by atoms with Gasteiger partial charge in [0.25, 0.3) is 0 Å². The molecule has 1 heterocycles. The predicted molar refractivity (Wildman–Crippen MR) is 75.4 cm³/mol. The molecule has 18 heavy (non-hydrogen) atoms. The zero-order chi connectivity index (χ0) is 13.0. The van der Waals surface area contributed by atoms with Crippen molar-refractivity contribution in [2.24, 2.45) is 5.73 Å². The van der Waals surface area contributed by atoms with Crippen molar-refractivity contribution in [3.05, 3.63) is 59.4 Å². The molecule has 0 spiro atoms. The molecule has 0 atom stereocenters. The highest BCUT2D eigenvalue weighted by atomic mass is 15.1. The first-order valence-electron chi connectivity index (χ1n) is 6.10. The highest BCUT2D eigenvalue weighted by molar-refractivity contribution is 5.51. The van der Waals surface area contributed by atoms with Crippen molar-refractivity contribution >= 4 is 5.69 Å². The van der Waals surface area contributed by atoms with Gasteiger partial charge in [-0.1, -0.05) is 24.3 Å². The van der Waals surface area contributed by atoms with Gasteiger partial charge in [-0.15, -0.1) is 0 Å². The number of anilines is 1. The minimum Gasteiger partial charge on any atom is -0.370 e. The molecule has 0 saturated carbocycles. The first-order chi connectivity index (χ1) is 8.70. The Morgan fingerprint density at radius 2 is 1.78 bits per heavy atom. The maximum absolute atomic E-state index is 5.59. The summed E-state index contributed by atoms with van der Waals surface area (Å²) in [6, 6.07) is 10.5. The Labute approximate surface area is 108 Å². The van der Waals surface area contributed by atoms with Gasteiger partial charge in [-0.25, -0.2) is 0 Å². The molecule has 0 fully saturated rings. The molecule has 0 aliphatic carbocycles. The largest absolute Gasteiger partial charge is 0.370 e. The van der Waals surface area contributed by atoms with Crippen LogP contribution >= 0.6 is 0 Å². The SMILES string of the molecule is Cc1cnccc1N(C)Cc1ccc(CN)cc1. The lowest BCUT2D eigenvalue weighted by Gasteiger charge is -2.21. The minimum absolute atomic E-state index is 0.597. The smallest absolute Gasteiger partial charge is 0.0427 e. The molecule has 2 aromatic rings. The van der Waals surface area contributed by atoms with E-state index in [4.69, 9.17) is 5.73 Å². The van der Waals surface area contributed by atoms with Gasteiger partial charge in [0.15, 0.2) is 0 Å². The summed E-state index contributed by atoms with van der Waals surface area (Å²) in [6.07, 6.45) is 3.72. The van der Waals surface area contributed by atoms with Gasteiger partial charge in [0.1, 0.15) is 0 Å². The summed E-state index contributed by atoms with van der Waals surface area (Å²) in [5.74, 6) is 0. The van der Waals surface area contributed by atoms with E-state index in [2.05, 4.69) is 48.1 Å². The summed E-state index contributed by atoms with van der Waals surface area (Å²) in [4.78, 5) is 6.35. The van der Waals surface area contributed by atoms with Crippen LogP contribution in [0.5, 0.6) is 0 Å². The van der Waals surface area contributed by atoms with Crippen LogP contribution in [0.2, 0.25) is 0 Å². The lowest BCUT2D eigenvalue weighted by atomic mass is 10.1. The Morgan fingerprint density at radius 1 is 1.11 bits per heavy atom. The van der Waals surface area contributed by atoms with Crippen LogP contribution in [0.1, 0.15) is 16.7 Å². The van der Waals surface area contributed by atoms with E-state index >= 15 is 0 Å². The normalized spacial score (nSPS) is 10.4. The molecule has 1 aromatic carbocycles. The molecule has 3 nitrogen and oxygen atoms in total. The lowest BCUT2D eigenvalue weighted by molar-refractivity contribution is 0.911. The summed E-state index contributed by atoms with van der Waals surface area (Å²) in [7, 11) is 2.10. The van der Waals surface area contributed by atoms with E-state index < -0.39 is 0 Å². The fourth-order valence-electron chi connectivity index (χ4n) is 2.03. The van der Waals surface area contributed by atoms with Gasteiger partial charge in [-0.05, 0) is 29.7 Å². The second-order valence-corrected chi connectivity index (χ2v) is 4.54. The Balaban J connectivity index is 2.11. The van der Waals surface area contributed by atoms with Gasteiger partial charge in [-0.3, -0.25) is 4.98 Å². The van der Waals surface area contributed by atoms with Crippen LogP contribution in [0.25, 0.3) is 0 Å². The molecule has 3 heteroatoms. The minimum atomic E-state index is 0.597. The van der Waals surface area contributed by atoms with E-state index in [1.54, 1.807) is 0 Å². The van der Waals surface area contributed by atoms with Crippen molar-refractivity contribution in [3.63, 3.8) is 0 Å². The number of hydrogen-bond donors (Lipinski definition) is 1. The Morgan fingerprint density at radius 3 is 2.39 bits per heavy atom. The van der Waals surface area contributed by atoms with E-state index in [1.807, 2.05) is 18.5 Å². The molecule has 0 aliphatic heterocycles. The summed E-state index contributed by atoms with van der Waals surface area (Å²) in [6.45, 7) is 3.56. The van der Waals surface area contributed by atoms with E-state index in [1.165, 1.54) is 22.4 Å². The fraction of sp³-hybridized carbons (Fsp3) is 0.267. The first kappa shape index (κ1) is 12.6. The number of nitrogens with two attached hydrogens (primary N) is 1. The molecule has 94 valence electrons. The Bertz CT molecular complexity index is 505. The van der Waals surface area contributed by atoms with Crippen molar-refractivity contribution in [1.82, 2.24) is 4.98 Å². The summed E-state index contributed by atoms with van der Waals surface area (Å²) >= 11 is 0. The average molecular weight is 241 g/mol. The maximum Gasteiger partial charge on any atom is 0.0427 e. The summed E-state index contributed by atoms with van der Waals surface area (Å²) in [5, 5.41) is 0. The average Bonchev–Trinajstić information content (AvgIpc) is 2.40. The third-order valence-electron chi connectivity index (χ3n) is 3.08. The van der Waals surface area contributed by atoms with E-state index in [-0.39, 0.29) is 0 Å². The standard InChI is InChI=1S/C15H19N3/c1-12-10-17-8-7-15(12)18(2)11-14-5-3-13(9-16)4-6-14/h3-8,10H,9,11,16H2,1-2H3. The second kappa shape index (κ2) is 5.65. The second-order valence-electron chi connectivity index (χ2n) is 4.54. The zero-order valence-corrected chi connectivity index (χ0v) is 10.9. The number of benzene rings is 1. The number of pyridine rings is 1. The molecule has 2 N–H and O–H groups in total. The molecule has 0 radical (unpaired) electrons. The highest BCUT2D eigenvalue weighted by Crippen LogP contribution is 2.19. The van der Waals surface area contributed by atoms with Gasteiger partial charge in [0, 0.05) is 38.2 Å². The lowest BCUT2D eigenvalue weighted by Crippen LogP contribution is -2.17. The van der Waals surface area contributed by atoms with Gasteiger partial charge in [0.2, 0.25) is 0 Å². The summed E-state index contributed by atoms with van der Waals surface area (Å²) < 4.78 is 0. The summed E-state index contributed by atoms with van der Waals surface area (Å²) in [5.41, 5.74) is 10.5. The number of nitrogens with zero attached hydrogens (tertiary/aromatic N) is 2. The fourth-order valence-corrected chi connectivity index (χ4v) is 2.03. The molecule has 1 aromatic heterocycles. The number of hydrogen-bond acceptors (Lipinski definition) is 3. The van der Waals surface area contributed by atoms with Crippen LogP contribution in [0.3, 0.4) is 0 Å². The highest BCUT2D eigenvalue weighted by Gasteiger charge is 2.04. The van der Waals surface area contributed by atoms with Crippen LogP contribution in [0, 0.1) is 6.92 Å². The van der Waals surface area contributed by atoms with Crippen LogP contribution in [-0.2, 0) is 13.1 Å². The van der Waals surface area contributed by atoms with Crippen molar-refractivity contribution in [2.45, 2.75) is 20.0 Å². The van der Waals surface area contributed by atoms with Crippen LogP contribution < -0.4 is 10.6 Å². The van der Waals surface area contributed by atoms with Crippen LogP contribution in [-0.4, -0.2) is 12.0 Å². The monoisotopic (exact) mass is 241 g/mol. The third-order valence-corrected chi connectivity index (χ3v) is 3.08. The molecule has 0 unspecified atom stereocenters. The van der Waals surface area contributed by atoms with Crippen molar-refractivity contribution in [2.75, 3.05) is 11.9 Å². The molecule has 2 rings (SSSR count). The molecule has 0 amide bonds. The van der Waals surface area contributed by atoms with Gasteiger partial charge >= 0.3 is 0 Å². The van der Waals surface area contributed by atoms with Gasteiger partial charge in [0.05, 0.1) is 0 Å². The quantitative estimate of drug-likeness (QED) is 0.894. The van der Waals surface area contributed by atoms with Crippen molar-refractivity contribution in [3.8, 4) is 0 Å². The number of rotatable bonds is 4. The maximum atomic E-state index is 5.59. The first-order valence-corrected chi connectivity index (χ1v) is 6.10. The molecule has 0 bridgehead atoms. The van der Waals surface area contributed by atoms with E-state index in [0.717, 1.165) is 6.54 Å². The predicted octanol–water partition coefficient (Wildman–Crippen LogP) is 2.49. The van der Waals surface area contributed by atoms with E-state index in [9.17, 15) is 0 Å². The van der Waals surface area contributed by atoms with Gasteiger partial charge in [-0.2, -0.15) is 0 Å². The molecule has 0 saturated heterocycles. The van der Waals surface area contributed by atoms with Crippen LogP contribution in [0.15, 0.2) is 42.7 Å². The zero-order valence-electron chi connectivity index (χ0n) is 10.9. The molecular weight excluding hydrogens is 222 g/mol. The van der Waals surface area contributed by atoms with Crippen LogP contribution in [0.4, 0.5) is 5.69 Å². The Kier molecular flexibility index (Phi) is 3.95.